The first-order chi connectivity index (χ1) is 7.31. The van der Waals surface area contributed by atoms with E-state index in [0.717, 1.165) is 23.5 Å². The van der Waals surface area contributed by atoms with Gasteiger partial charge in [0.2, 0.25) is 0 Å². The van der Waals surface area contributed by atoms with Crippen molar-refractivity contribution in [1.29, 1.82) is 0 Å². The van der Waals surface area contributed by atoms with E-state index < -0.39 is 0 Å². The van der Waals surface area contributed by atoms with Gasteiger partial charge in [0.15, 0.2) is 0 Å². The van der Waals surface area contributed by atoms with Crippen LogP contribution in [0.25, 0.3) is 0 Å². The topological polar surface area (TPSA) is 44.2 Å². The highest BCUT2D eigenvalue weighted by Crippen LogP contribution is 2.21. The van der Waals surface area contributed by atoms with Gasteiger partial charge in [-0.3, -0.25) is 0 Å². The third-order valence-electron chi connectivity index (χ3n) is 2.35. The van der Waals surface area contributed by atoms with Gasteiger partial charge in [-0.05, 0) is 0 Å². The average molecular weight is 229 g/mol. The first kappa shape index (κ1) is 10.8. The maximum absolute atomic E-state index is 6.05. The zero-order chi connectivity index (χ0) is 10.7. The number of nitrogens with zero attached hydrogens (tertiary/aromatic N) is 2. The Hall–Kier alpha value is -0.710. The van der Waals surface area contributed by atoms with Crippen molar-refractivity contribution in [2.24, 2.45) is 0 Å². The van der Waals surface area contributed by atoms with E-state index in [1.54, 1.807) is 7.11 Å². The second-order valence-corrected chi connectivity index (χ2v) is 3.76. The molecule has 0 fully saturated rings. The number of methoxy groups -OCH3 is 1. The van der Waals surface area contributed by atoms with Crippen LogP contribution in [0.15, 0.2) is 0 Å². The Labute approximate surface area is 93.6 Å². The van der Waals surface area contributed by atoms with Crippen molar-refractivity contribution in [2.45, 2.75) is 19.4 Å². The van der Waals surface area contributed by atoms with E-state index >= 15 is 0 Å². The van der Waals surface area contributed by atoms with Gasteiger partial charge in [-0.15, -0.1) is 0 Å². The summed E-state index contributed by atoms with van der Waals surface area (Å²) in [7, 11) is 1.66. The monoisotopic (exact) mass is 228 g/mol. The summed E-state index contributed by atoms with van der Waals surface area (Å²) in [6.07, 6.45) is 1.52. The number of hydrogen-bond donors (Lipinski definition) is 0. The van der Waals surface area contributed by atoms with E-state index in [-0.39, 0.29) is 0 Å². The minimum absolute atomic E-state index is 0.519. The molecule has 0 spiro atoms. The normalized spacial score (nSPS) is 15.1. The highest BCUT2D eigenvalue weighted by molar-refractivity contribution is 6.30. The Balaban J connectivity index is 2.24. The summed E-state index contributed by atoms with van der Waals surface area (Å²) in [5.41, 5.74) is 1.96. The zero-order valence-electron chi connectivity index (χ0n) is 8.62. The molecule has 0 saturated carbocycles. The third kappa shape index (κ3) is 2.45. The van der Waals surface area contributed by atoms with Crippen LogP contribution in [0.1, 0.15) is 17.1 Å². The fraction of sp³-hybridized carbons (Fsp3) is 0.600. The molecule has 1 aromatic rings. The number of aromatic nitrogens is 2. The van der Waals surface area contributed by atoms with Gasteiger partial charge in [0.1, 0.15) is 11.0 Å². The molecule has 0 N–H and O–H groups in total. The van der Waals surface area contributed by atoms with E-state index in [1.165, 1.54) is 0 Å². The molecule has 0 aliphatic carbocycles. The smallest absolute Gasteiger partial charge is 0.138 e. The summed E-state index contributed by atoms with van der Waals surface area (Å²) >= 11 is 6.05. The molecule has 15 heavy (non-hydrogen) atoms. The Bertz CT molecular complexity index is 358. The second kappa shape index (κ2) is 4.88. The molecule has 0 atom stereocenters. The third-order valence-corrected chi connectivity index (χ3v) is 2.66. The van der Waals surface area contributed by atoms with E-state index in [2.05, 4.69) is 9.97 Å². The summed E-state index contributed by atoms with van der Waals surface area (Å²) in [4.78, 5) is 8.67. The molecule has 0 saturated heterocycles. The highest BCUT2D eigenvalue weighted by atomic mass is 35.5. The average Bonchev–Trinajstić information content (AvgIpc) is 2.26. The van der Waals surface area contributed by atoms with Crippen molar-refractivity contribution in [3.05, 3.63) is 22.2 Å². The molecule has 0 amide bonds. The summed E-state index contributed by atoms with van der Waals surface area (Å²) < 4.78 is 10.3. The summed E-state index contributed by atoms with van der Waals surface area (Å²) in [5.74, 6) is 0.752. The number of hydrogen-bond acceptors (Lipinski definition) is 4. The maximum Gasteiger partial charge on any atom is 0.138 e. The van der Waals surface area contributed by atoms with Gasteiger partial charge in [-0.2, -0.15) is 0 Å². The van der Waals surface area contributed by atoms with Crippen molar-refractivity contribution >= 4 is 11.6 Å². The molecule has 1 aliphatic heterocycles. The number of fused-ring (bicyclic) bond motifs is 1. The fourth-order valence-corrected chi connectivity index (χ4v) is 1.81. The molecule has 5 heteroatoms. The predicted octanol–water partition coefficient (Wildman–Crippen LogP) is 1.39. The van der Waals surface area contributed by atoms with Crippen LogP contribution in [0.4, 0.5) is 0 Å². The summed E-state index contributed by atoms with van der Waals surface area (Å²) in [5, 5.41) is 0.519. The molecule has 82 valence electrons. The lowest BCUT2D eigenvalue weighted by Gasteiger charge is -2.16. The fourth-order valence-electron chi connectivity index (χ4n) is 1.55. The quantitative estimate of drug-likeness (QED) is 0.734. The minimum Gasteiger partial charge on any atom is -0.384 e. The van der Waals surface area contributed by atoms with Crippen LogP contribution >= 0.6 is 11.6 Å². The van der Waals surface area contributed by atoms with Crippen molar-refractivity contribution in [2.75, 3.05) is 20.3 Å². The van der Waals surface area contributed by atoms with Gasteiger partial charge in [-0.1, -0.05) is 11.6 Å². The lowest BCUT2D eigenvalue weighted by Crippen LogP contribution is -2.15. The molecule has 0 bridgehead atoms. The van der Waals surface area contributed by atoms with Gasteiger partial charge in [0.05, 0.1) is 25.5 Å². The SMILES string of the molecule is COCCc1nc(Cl)c2c(n1)CCOC2. The lowest BCUT2D eigenvalue weighted by atomic mass is 10.1. The van der Waals surface area contributed by atoms with Gasteiger partial charge in [0, 0.05) is 25.5 Å². The molecule has 1 aromatic heterocycles. The molecule has 4 nitrogen and oxygen atoms in total. The molecule has 0 aromatic carbocycles. The van der Waals surface area contributed by atoms with E-state index in [4.69, 9.17) is 21.1 Å². The van der Waals surface area contributed by atoms with E-state index in [0.29, 0.717) is 31.4 Å². The van der Waals surface area contributed by atoms with Crippen molar-refractivity contribution < 1.29 is 9.47 Å². The van der Waals surface area contributed by atoms with Crippen LogP contribution in [0.3, 0.4) is 0 Å². The van der Waals surface area contributed by atoms with Crippen LogP contribution < -0.4 is 0 Å². The molecule has 1 aliphatic rings. The number of ether oxygens (including phenoxy) is 2. The molecular formula is C10H13ClN2O2. The first-order valence-corrected chi connectivity index (χ1v) is 5.30. The van der Waals surface area contributed by atoms with Gasteiger partial charge in [-0.25, -0.2) is 9.97 Å². The largest absolute Gasteiger partial charge is 0.384 e. The summed E-state index contributed by atoms with van der Waals surface area (Å²) in [6.45, 7) is 1.86. The van der Waals surface area contributed by atoms with Crippen LogP contribution in [0.2, 0.25) is 5.15 Å². The van der Waals surface area contributed by atoms with E-state index in [9.17, 15) is 0 Å². The molecule has 0 unspecified atom stereocenters. The number of rotatable bonds is 3. The first-order valence-electron chi connectivity index (χ1n) is 4.92. The maximum atomic E-state index is 6.05. The van der Waals surface area contributed by atoms with Crippen LogP contribution in [-0.4, -0.2) is 30.3 Å². The lowest BCUT2D eigenvalue weighted by molar-refractivity contribution is 0.108. The predicted molar refractivity (Wildman–Crippen MR) is 56.0 cm³/mol. The summed E-state index contributed by atoms with van der Waals surface area (Å²) in [6, 6.07) is 0. The second-order valence-electron chi connectivity index (χ2n) is 3.40. The van der Waals surface area contributed by atoms with Crippen LogP contribution in [0, 0.1) is 0 Å². The van der Waals surface area contributed by atoms with E-state index in [1.807, 2.05) is 0 Å². The Morgan fingerprint density at radius 3 is 3.13 bits per heavy atom. The molecule has 2 heterocycles. The molecule has 2 rings (SSSR count). The van der Waals surface area contributed by atoms with Crippen molar-refractivity contribution in [1.82, 2.24) is 9.97 Å². The van der Waals surface area contributed by atoms with Gasteiger partial charge >= 0.3 is 0 Å². The van der Waals surface area contributed by atoms with Gasteiger partial charge in [0.25, 0.3) is 0 Å². The number of halogens is 1. The van der Waals surface area contributed by atoms with Crippen LogP contribution in [-0.2, 0) is 28.9 Å². The minimum atomic E-state index is 0.519. The Morgan fingerprint density at radius 2 is 2.33 bits per heavy atom. The Kier molecular flexibility index (Phi) is 3.51. The van der Waals surface area contributed by atoms with Crippen LogP contribution in [0.5, 0.6) is 0 Å². The van der Waals surface area contributed by atoms with Crippen molar-refractivity contribution in [3.8, 4) is 0 Å². The standard InChI is InChI=1S/C10H13ClN2O2/c1-14-4-3-9-12-8-2-5-15-6-7(8)10(11)13-9/h2-6H2,1H3. The van der Waals surface area contributed by atoms with Gasteiger partial charge < -0.3 is 9.47 Å². The van der Waals surface area contributed by atoms with Crippen molar-refractivity contribution in [3.63, 3.8) is 0 Å². The highest BCUT2D eigenvalue weighted by Gasteiger charge is 2.16. The zero-order valence-corrected chi connectivity index (χ0v) is 9.38. The molecule has 0 radical (unpaired) electrons. The Morgan fingerprint density at radius 1 is 1.47 bits per heavy atom. The molecular weight excluding hydrogens is 216 g/mol.